The molecule has 0 aromatic heterocycles. The molecule has 0 aromatic carbocycles. The van der Waals surface area contributed by atoms with Crippen LogP contribution in [0.25, 0.3) is 0 Å². The van der Waals surface area contributed by atoms with Gasteiger partial charge in [0.15, 0.2) is 6.17 Å². The van der Waals surface area contributed by atoms with Crippen molar-refractivity contribution in [2.45, 2.75) is 58.0 Å². The summed E-state index contributed by atoms with van der Waals surface area (Å²) < 4.78 is 0.896. The molecular formula is C16H31N2O+. The Morgan fingerprint density at radius 1 is 1.26 bits per heavy atom. The number of hydrogen-bond acceptors (Lipinski definition) is 2. The van der Waals surface area contributed by atoms with Crippen molar-refractivity contribution in [1.82, 2.24) is 5.32 Å². The minimum absolute atomic E-state index is 0.262. The average molecular weight is 267 g/mol. The monoisotopic (exact) mass is 267 g/mol. The van der Waals surface area contributed by atoms with Crippen molar-refractivity contribution >= 4 is 0 Å². The fraction of sp³-hybridized carbons (Fsp3) is 0.750. The standard InChI is InChI=1S/C16H31N2O/c1-3-5-6-7-8-9-10-11-16-17-12-13-18(16,4-2)14-15-19/h3,12-13,16-17,19H,1,4-11,14-15H2,2H3/q+1. The lowest BCUT2D eigenvalue weighted by molar-refractivity contribution is -0.900. The van der Waals surface area contributed by atoms with Gasteiger partial charge in [-0.1, -0.05) is 25.3 Å². The highest BCUT2D eigenvalue weighted by molar-refractivity contribution is 4.84. The molecule has 0 aliphatic carbocycles. The summed E-state index contributed by atoms with van der Waals surface area (Å²) in [6.45, 7) is 8.09. The summed E-state index contributed by atoms with van der Waals surface area (Å²) in [6, 6.07) is 0. The summed E-state index contributed by atoms with van der Waals surface area (Å²) in [5.41, 5.74) is 0. The molecule has 0 bridgehead atoms. The third-order valence-corrected chi connectivity index (χ3v) is 4.27. The van der Waals surface area contributed by atoms with Crippen LogP contribution in [0.4, 0.5) is 0 Å². The van der Waals surface area contributed by atoms with Crippen molar-refractivity contribution in [2.75, 3.05) is 19.7 Å². The number of hydrogen-bond donors (Lipinski definition) is 2. The van der Waals surface area contributed by atoms with E-state index in [1.54, 1.807) is 0 Å². The van der Waals surface area contributed by atoms with Gasteiger partial charge in [-0.3, -0.25) is 4.48 Å². The lowest BCUT2D eigenvalue weighted by atomic mass is 10.1. The van der Waals surface area contributed by atoms with Crippen molar-refractivity contribution in [2.24, 2.45) is 0 Å². The van der Waals surface area contributed by atoms with Crippen LogP contribution in [0, 0.1) is 0 Å². The predicted octanol–water partition coefficient (Wildman–Crippen LogP) is 3.13. The van der Waals surface area contributed by atoms with Crippen LogP contribution in [-0.2, 0) is 0 Å². The van der Waals surface area contributed by atoms with Crippen LogP contribution >= 0.6 is 0 Å². The Bertz CT molecular complexity index is 278. The van der Waals surface area contributed by atoms with Gasteiger partial charge in [0.2, 0.25) is 0 Å². The molecular weight excluding hydrogens is 236 g/mol. The Balaban J connectivity index is 2.19. The van der Waals surface area contributed by atoms with Crippen molar-refractivity contribution in [3.05, 3.63) is 25.1 Å². The fourth-order valence-electron chi connectivity index (χ4n) is 2.95. The molecule has 0 radical (unpaired) electrons. The van der Waals surface area contributed by atoms with E-state index in [1.807, 2.05) is 6.08 Å². The molecule has 2 N–H and O–H groups in total. The minimum atomic E-state index is 0.262. The first kappa shape index (κ1) is 16.3. The molecule has 0 spiro atoms. The van der Waals surface area contributed by atoms with E-state index in [-0.39, 0.29) is 6.61 Å². The molecule has 2 unspecified atom stereocenters. The largest absolute Gasteiger partial charge is 0.390 e. The average Bonchev–Trinajstić information content (AvgIpc) is 2.82. The molecule has 3 heteroatoms. The van der Waals surface area contributed by atoms with E-state index in [9.17, 15) is 5.11 Å². The summed E-state index contributed by atoms with van der Waals surface area (Å²) in [4.78, 5) is 0. The van der Waals surface area contributed by atoms with Crippen LogP contribution in [0.3, 0.4) is 0 Å². The van der Waals surface area contributed by atoms with Gasteiger partial charge in [-0.15, -0.1) is 6.58 Å². The Labute approximate surface area is 118 Å². The molecule has 0 fully saturated rings. The van der Waals surface area contributed by atoms with Gasteiger partial charge in [0, 0.05) is 6.42 Å². The number of nitrogens with one attached hydrogen (secondary N) is 1. The molecule has 0 saturated heterocycles. The number of unbranched alkanes of at least 4 members (excludes halogenated alkanes) is 5. The number of nitrogens with zero attached hydrogens (tertiary/aromatic N) is 1. The quantitative estimate of drug-likeness (QED) is 0.342. The van der Waals surface area contributed by atoms with E-state index in [0.29, 0.717) is 6.17 Å². The number of rotatable bonds is 11. The van der Waals surface area contributed by atoms with Crippen LogP contribution in [-0.4, -0.2) is 35.5 Å². The molecule has 1 heterocycles. The second-order valence-corrected chi connectivity index (χ2v) is 5.50. The zero-order chi connectivity index (χ0) is 14.0. The lowest BCUT2D eigenvalue weighted by Crippen LogP contribution is -2.54. The van der Waals surface area contributed by atoms with Gasteiger partial charge < -0.3 is 10.4 Å². The highest BCUT2D eigenvalue weighted by atomic mass is 16.3. The highest BCUT2D eigenvalue weighted by Crippen LogP contribution is 2.22. The molecule has 2 atom stereocenters. The third-order valence-electron chi connectivity index (χ3n) is 4.27. The topological polar surface area (TPSA) is 32.3 Å². The summed E-state index contributed by atoms with van der Waals surface area (Å²) in [6.07, 6.45) is 15.6. The van der Waals surface area contributed by atoms with E-state index < -0.39 is 0 Å². The number of aliphatic hydroxyl groups excluding tert-OH is 1. The van der Waals surface area contributed by atoms with E-state index in [4.69, 9.17) is 0 Å². The summed E-state index contributed by atoms with van der Waals surface area (Å²) >= 11 is 0. The molecule has 0 aromatic rings. The maximum absolute atomic E-state index is 9.25. The van der Waals surface area contributed by atoms with E-state index in [1.165, 1.54) is 38.5 Å². The first-order valence-electron chi connectivity index (χ1n) is 7.81. The summed E-state index contributed by atoms with van der Waals surface area (Å²) in [7, 11) is 0. The fourth-order valence-corrected chi connectivity index (χ4v) is 2.95. The zero-order valence-electron chi connectivity index (χ0n) is 12.5. The van der Waals surface area contributed by atoms with Crippen molar-refractivity contribution in [3.63, 3.8) is 0 Å². The van der Waals surface area contributed by atoms with Crippen LogP contribution in [0.5, 0.6) is 0 Å². The van der Waals surface area contributed by atoms with E-state index in [0.717, 1.165) is 24.0 Å². The second-order valence-electron chi connectivity index (χ2n) is 5.50. The Morgan fingerprint density at radius 2 is 2.00 bits per heavy atom. The molecule has 0 amide bonds. The normalized spacial score (nSPS) is 25.5. The van der Waals surface area contributed by atoms with Gasteiger partial charge in [-0.05, 0) is 26.2 Å². The van der Waals surface area contributed by atoms with Gasteiger partial charge in [0.05, 0.1) is 19.4 Å². The van der Waals surface area contributed by atoms with Gasteiger partial charge >= 0.3 is 0 Å². The second kappa shape index (κ2) is 9.16. The summed E-state index contributed by atoms with van der Waals surface area (Å²) in [5.74, 6) is 0. The molecule has 0 saturated carbocycles. The Kier molecular flexibility index (Phi) is 7.84. The molecule has 19 heavy (non-hydrogen) atoms. The first-order chi connectivity index (χ1) is 9.29. The Hall–Kier alpha value is -0.800. The molecule has 3 nitrogen and oxygen atoms in total. The molecule has 1 aliphatic rings. The van der Waals surface area contributed by atoms with Crippen LogP contribution in [0.1, 0.15) is 51.9 Å². The van der Waals surface area contributed by atoms with Crippen molar-refractivity contribution < 1.29 is 9.59 Å². The van der Waals surface area contributed by atoms with Crippen LogP contribution in [0.2, 0.25) is 0 Å². The SMILES string of the molecule is C=CCCCCCCCC1NC=C[N+]1(CC)CCO. The first-order valence-corrected chi connectivity index (χ1v) is 7.81. The number of allylic oxidation sites excluding steroid dienone is 1. The molecule has 1 rings (SSSR count). The maximum atomic E-state index is 9.25. The van der Waals surface area contributed by atoms with Crippen molar-refractivity contribution in [3.8, 4) is 0 Å². The van der Waals surface area contributed by atoms with E-state index >= 15 is 0 Å². The van der Waals surface area contributed by atoms with Gasteiger partial charge in [-0.25, -0.2) is 0 Å². The van der Waals surface area contributed by atoms with E-state index in [2.05, 4.69) is 31.2 Å². The minimum Gasteiger partial charge on any atom is -0.390 e. The molecule has 1 aliphatic heterocycles. The van der Waals surface area contributed by atoms with Gasteiger partial charge in [-0.2, -0.15) is 0 Å². The number of aliphatic hydroxyl groups is 1. The molecule has 110 valence electrons. The number of likely N-dealkylation sites (N-methyl/N-ethyl adjacent to an activating group) is 1. The van der Waals surface area contributed by atoms with Gasteiger partial charge in [0.25, 0.3) is 0 Å². The zero-order valence-corrected chi connectivity index (χ0v) is 12.5. The highest BCUT2D eigenvalue weighted by Gasteiger charge is 2.35. The third kappa shape index (κ3) is 5.00. The summed E-state index contributed by atoms with van der Waals surface area (Å²) in [5, 5.41) is 12.7. The van der Waals surface area contributed by atoms with Crippen LogP contribution < -0.4 is 5.32 Å². The predicted molar refractivity (Wildman–Crippen MR) is 81.3 cm³/mol. The maximum Gasteiger partial charge on any atom is 0.166 e. The Morgan fingerprint density at radius 3 is 2.68 bits per heavy atom. The lowest BCUT2D eigenvalue weighted by Gasteiger charge is -2.36. The smallest absolute Gasteiger partial charge is 0.166 e. The number of quaternary nitrogens is 1. The van der Waals surface area contributed by atoms with Crippen molar-refractivity contribution in [1.29, 1.82) is 0 Å². The van der Waals surface area contributed by atoms with Gasteiger partial charge in [0.1, 0.15) is 12.7 Å². The van der Waals surface area contributed by atoms with Crippen LogP contribution in [0.15, 0.2) is 25.1 Å².